The summed E-state index contributed by atoms with van der Waals surface area (Å²) >= 11 is 0. The van der Waals surface area contributed by atoms with Crippen molar-refractivity contribution in [3.8, 4) is 0 Å². The molecule has 2 heterocycles. The maximum atomic E-state index is 9.21. The molecule has 1 unspecified atom stereocenters. The van der Waals surface area contributed by atoms with Gasteiger partial charge in [0.15, 0.2) is 0 Å². The lowest BCUT2D eigenvalue weighted by molar-refractivity contribution is 0.265. The van der Waals surface area contributed by atoms with Crippen molar-refractivity contribution in [1.82, 2.24) is 4.98 Å². The van der Waals surface area contributed by atoms with Crippen LogP contribution in [0.4, 0.5) is 5.82 Å². The summed E-state index contributed by atoms with van der Waals surface area (Å²) in [4.78, 5) is 6.45. The van der Waals surface area contributed by atoms with E-state index in [2.05, 4.69) is 9.88 Å². The number of rotatable bonds is 3. The van der Waals surface area contributed by atoms with E-state index in [1.807, 2.05) is 12.1 Å². The summed E-state index contributed by atoms with van der Waals surface area (Å²) in [7, 11) is 0. The second-order valence-electron chi connectivity index (χ2n) is 3.82. The van der Waals surface area contributed by atoms with Crippen LogP contribution in [0.1, 0.15) is 18.5 Å². The second kappa shape index (κ2) is 4.59. The molecule has 0 bridgehead atoms. The van der Waals surface area contributed by atoms with Gasteiger partial charge >= 0.3 is 0 Å². The fraction of sp³-hybridized carbons (Fsp3) is 0.545. The molecule has 82 valence electrons. The van der Waals surface area contributed by atoms with Gasteiger partial charge in [-0.1, -0.05) is 6.07 Å². The molecular formula is C11H16N2O2. The Morgan fingerprint density at radius 2 is 2.27 bits per heavy atom. The molecule has 4 heteroatoms. The Kier molecular flexibility index (Phi) is 3.18. The number of nitrogens with zero attached hydrogens (tertiary/aromatic N) is 2. The maximum Gasteiger partial charge on any atom is 0.129 e. The van der Waals surface area contributed by atoms with Gasteiger partial charge in [-0.05, 0) is 25.0 Å². The molecule has 0 aliphatic carbocycles. The van der Waals surface area contributed by atoms with Crippen LogP contribution in [0.5, 0.6) is 0 Å². The highest BCUT2D eigenvalue weighted by Gasteiger charge is 2.24. The molecule has 1 aliphatic rings. The summed E-state index contributed by atoms with van der Waals surface area (Å²) in [5, 5.41) is 18.2. The van der Waals surface area contributed by atoms with Crippen molar-refractivity contribution in [2.24, 2.45) is 0 Å². The zero-order chi connectivity index (χ0) is 10.7. The number of hydrogen-bond donors (Lipinski definition) is 2. The molecular weight excluding hydrogens is 192 g/mol. The minimum Gasteiger partial charge on any atom is -0.394 e. The largest absolute Gasteiger partial charge is 0.394 e. The summed E-state index contributed by atoms with van der Waals surface area (Å²) in [5.74, 6) is 0.859. The predicted octanol–water partition coefficient (Wildman–Crippen LogP) is 0.535. The van der Waals surface area contributed by atoms with E-state index in [4.69, 9.17) is 5.11 Å². The van der Waals surface area contributed by atoms with E-state index < -0.39 is 0 Å². The Labute approximate surface area is 89.2 Å². The number of aromatic nitrogens is 1. The Hall–Kier alpha value is -1.13. The van der Waals surface area contributed by atoms with Gasteiger partial charge in [-0.25, -0.2) is 4.98 Å². The van der Waals surface area contributed by atoms with Crippen molar-refractivity contribution >= 4 is 5.82 Å². The van der Waals surface area contributed by atoms with Gasteiger partial charge in [-0.2, -0.15) is 0 Å². The zero-order valence-electron chi connectivity index (χ0n) is 8.63. The molecule has 0 aromatic carbocycles. The first-order chi connectivity index (χ1) is 7.35. The Morgan fingerprint density at radius 1 is 1.40 bits per heavy atom. The summed E-state index contributed by atoms with van der Waals surface area (Å²) in [6.45, 7) is 1.07. The van der Waals surface area contributed by atoms with Crippen LogP contribution in [-0.4, -0.2) is 34.4 Å². The average molecular weight is 208 g/mol. The van der Waals surface area contributed by atoms with Gasteiger partial charge in [-0.3, -0.25) is 0 Å². The van der Waals surface area contributed by atoms with Crippen LogP contribution in [0.25, 0.3) is 0 Å². The normalized spacial score (nSPS) is 20.9. The van der Waals surface area contributed by atoms with Crippen molar-refractivity contribution in [1.29, 1.82) is 0 Å². The van der Waals surface area contributed by atoms with Crippen molar-refractivity contribution in [2.45, 2.75) is 25.5 Å². The Bertz CT molecular complexity index is 330. The van der Waals surface area contributed by atoms with Crippen LogP contribution >= 0.6 is 0 Å². The molecule has 1 aromatic rings. The molecule has 1 aromatic heterocycles. The van der Waals surface area contributed by atoms with E-state index in [9.17, 15) is 5.11 Å². The molecule has 0 radical (unpaired) electrons. The minimum atomic E-state index is -0.0362. The number of aliphatic hydroxyl groups excluding tert-OH is 2. The fourth-order valence-electron chi connectivity index (χ4n) is 2.04. The van der Waals surface area contributed by atoms with Gasteiger partial charge in [0, 0.05) is 6.54 Å². The minimum absolute atomic E-state index is 0.0362. The third-order valence-corrected chi connectivity index (χ3v) is 2.84. The number of aliphatic hydroxyl groups is 2. The van der Waals surface area contributed by atoms with E-state index in [1.54, 1.807) is 6.07 Å². The highest BCUT2D eigenvalue weighted by atomic mass is 16.3. The smallest absolute Gasteiger partial charge is 0.129 e. The monoisotopic (exact) mass is 208 g/mol. The van der Waals surface area contributed by atoms with Gasteiger partial charge in [0.2, 0.25) is 0 Å². The van der Waals surface area contributed by atoms with Crippen molar-refractivity contribution < 1.29 is 10.2 Å². The van der Waals surface area contributed by atoms with E-state index in [0.717, 1.165) is 25.2 Å². The van der Waals surface area contributed by atoms with Crippen LogP contribution in [0.3, 0.4) is 0 Å². The standard InChI is InChI=1S/C11H16N2O2/c14-7-9-3-1-5-11(12-9)13-6-2-4-10(13)8-15/h1,3,5,10,14-15H,2,4,6-8H2. The number of hydrogen-bond acceptors (Lipinski definition) is 4. The summed E-state index contributed by atoms with van der Waals surface area (Å²) in [6, 6.07) is 5.80. The quantitative estimate of drug-likeness (QED) is 0.761. The van der Waals surface area contributed by atoms with E-state index >= 15 is 0 Å². The molecule has 1 saturated heterocycles. The van der Waals surface area contributed by atoms with E-state index in [0.29, 0.717) is 5.69 Å². The van der Waals surface area contributed by atoms with Crippen molar-refractivity contribution in [2.75, 3.05) is 18.1 Å². The second-order valence-corrected chi connectivity index (χ2v) is 3.82. The van der Waals surface area contributed by atoms with Gasteiger partial charge in [0.05, 0.1) is 24.9 Å². The van der Waals surface area contributed by atoms with Gasteiger partial charge in [0.25, 0.3) is 0 Å². The van der Waals surface area contributed by atoms with Crippen LogP contribution in [-0.2, 0) is 6.61 Å². The van der Waals surface area contributed by atoms with Crippen LogP contribution < -0.4 is 4.90 Å². The molecule has 1 atom stereocenters. The van der Waals surface area contributed by atoms with Crippen LogP contribution in [0.15, 0.2) is 18.2 Å². The van der Waals surface area contributed by atoms with Crippen LogP contribution in [0.2, 0.25) is 0 Å². The zero-order valence-corrected chi connectivity index (χ0v) is 8.63. The van der Waals surface area contributed by atoms with Gasteiger partial charge in [0.1, 0.15) is 5.82 Å². The van der Waals surface area contributed by atoms with Crippen molar-refractivity contribution in [3.05, 3.63) is 23.9 Å². The lowest BCUT2D eigenvalue weighted by Crippen LogP contribution is -2.32. The van der Waals surface area contributed by atoms with Crippen molar-refractivity contribution in [3.63, 3.8) is 0 Å². The van der Waals surface area contributed by atoms with Gasteiger partial charge in [-0.15, -0.1) is 0 Å². The summed E-state index contributed by atoms with van der Waals surface area (Å²) < 4.78 is 0. The first-order valence-corrected chi connectivity index (χ1v) is 5.29. The van der Waals surface area contributed by atoms with E-state index in [1.165, 1.54) is 0 Å². The van der Waals surface area contributed by atoms with E-state index in [-0.39, 0.29) is 19.3 Å². The lowest BCUT2D eigenvalue weighted by Gasteiger charge is -2.24. The fourth-order valence-corrected chi connectivity index (χ4v) is 2.04. The third-order valence-electron chi connectivity index (χ3n) is 2.84. The Balaban J connectivity index is 2.20. The predicted molar refractivity (Wildman–Crippen MR) is 57.6 cm³/mol. The average Bonchev–Trinajstić information content (AvgIpc) is 2.77. The van der Waals surface area contributed by atoms with Gasteiger partial charge < -0.3 is 15.1 Å². The molecule has 1 fully saturated rings. The topological polar surface area (TPSA) is 56.6 Å². The molecule has 2 rings (SSSR count). The highest BCUT2D eigenvalue weighted by Crippen LogP contribution is 2.23. The summed E-state index contributed by atoms with van der Waals surface area (Å²) in [6.07, 6.45) is 2.11. The molecule has 15 heavy (non-hydrogen) atoms. The molecule has 4 nitrogen and oxygen atoms in total. The molecule has 2 N–H and O–H groups in total. The molecule has 0 amide bonds. The highest BCUT2D eigenvalue weighted by molar-refractivity contribution is 5.41. The lowest BCUT2D eigenvalue weighted by atomic mass is 10.2. The maximum absolute atomic E-state index is 9.21. The number of anilines is 1. The SMILES string of the molecule is OCc1cccc(N2CCCC2CO)n1. The molecule has 0 spiro atoms. The third kappa shape index (κ3) is 2.11. The first-order valence-electron chi connectivity index (χ1n) is 5.29. The first kappa shape index (κ1) is 10.4. The Morgan fingerprint density at radius 3 is 3.00 bits per heavy atom. The summed E-state index contributed by atoms with van der Waals surface area (Å²) in [5.41, 5.74) is 0.677. The molecule has 1 aliphatic heterocycles. The van der Waals surface area contributed by atoms with Crippen LogP contribution in [0, 0.1) is 0 Å². The molecule has 0 saturated carbocycles. The number of pyridine rings is 1.